The van der Waals surface area contributed by atoms with E-state index in [4.69, 9.17) is 16.3 Å². The molecule has 1 aliphatic rings. The van der Waals surface area contributed by atoms with Gasteiger partial charge in [0.05, 0.1) is 6.10 Å². The lowest BCUT2D eigenvalue weighted by Crippen LogP contribution is -2.39. The molecule has 2 atom stereocenters. The van der Waals surface area contributed by atoms with Crippen molar-refractivity contribution in [1.29, 1.82) is 0 Å². The summed E-state index contributed by atoms with van der Waals surface area (Å²) in [6.07, 6.45) is 3.66. The molecule has 0 radical (unpaired) electrons. The van der Waals surface area contributed by atoms with E-state index in [1.165, 1.54) is 12.0 Å². The second kappa shape index (κ2) is 5.67. The first-order valence-corrected chi connectivity index (χ1v) is 6.20. The monoisotopic (exact) mass is 239 g/mol. The number of ether oxygens (including phenoxy) is 1. The molecule has 1 aromatic carbocycles. The molecule has 1 N–H and O–H groups in total. The first kappa shape index (κ1) is 11.9. The third kappa shape index (κ3) is 2.97. The molecule has 2 nitrogen and oxygen atoms in total. The number of likely N-dealkylation sites (N-methyl/N-ethyl adjacent to an activating group) is 1. The summed E-state index contributed by atoms with van der Waals surface area (Å²) >= 11 is 5.98. The fourth-order valence-electron chi connectivity index (χ4n) is 2.26. The van der Waals surface area contributed by atoms with Crippen molar-refractivity contribution in [3.8, 4) is 0 Å². The Kier molecular flexibility index (Phi) is 4.22. The standard InChI is InChI=1S/C13H18ClNO/c1-15-12(13-6-3-7-16-13)9-10-4-2-5-11(14)8-10/h2,4-5,8,12-13,15H,3,6-7,9H2,1H3. The van der Waals surface area contributed by atoms with Crippen molar-refractivity contribution in [1.82, 2.24) is 5.32 Å². The summed E-state index contributed by atoms with van der Waals surface area (Å²) in [5, 5.41) is 4.15. The van der Waals surface area contributed by atoms with Crippen LogP contribution >= 0.6 is 11.6 Å². The van der Waals surface area contributed by atoms with Crippen LogP contribution in [0.1, 0.15) is 18.4 Å². The van der Waals surface area contributed by atoms with Gasteiger partial charge in [0, 0.05) is 17.7 Å². The van der Waals surface area contributed by atoms with Crippen LogP contribution < -0.4 is 5.32 Å². The van der Waals surface area contributed by atoms with Gasteiger partial charge in [-0.15, -0.1) is 0 Å². The Morgan fingerprint density at radius 2 is 2.44 bits per heavy atom. The molecule has 1 saturated heterocycles. The zero-order chi connectivity index (χ0) is 11.4. The number of hydrogen-bond donors (Lipinski definition) is 1. The number of rotatable bonds is 4. The van der Waals surface area contributed by atoms with Gasteiger partial charge in [0.1, 0.15) is 0 Å². The minimum Gasteiger partial charge on any atom is -0.377 e. The van der Waals surface area contributed by atoms with Gasteiger partial charge in [0.25, 0.3) is 0 Å². The Morgan fingerprint density at radius 3 is 3.06 bits per heavy atom. The first-order chi connectivity index (χ1) is 7.79. The predicted octanol–water partition coefficient (Wildman–Crippen LogP) is 2.65. The van der Waals surface area contributed by atoms with Crippen molar-refractivity contribution in [2.75, 3.05) is 13.7 Å². The highest BCUT2D eigenvalue weighted by Crippen LogP contribution is 2.19. The molecule has 0 aliphatic carbocycles. The molecular formula is C13H18ClNO. The zero-order valence-electron chi connectivity index (χ0n) is 9.58. The minimum atomic E-state index is 0.351. The van der Waals surface area contributed by atoms with E-state index in [1.54, 1.807) is 0 Å². The molecule has 0 bridgehead atoms. The topological polar surface area (TPSA) is 21.3 Å². The number of benzene rings is 1. The van der Waals surface area contributed by atoms with E-state index in [2.05, 4.69) is 11.4 Å². The molecule has 0 aromatic heterocycles. The fraction of sp³-hybridized carbons (Fsp3) is 0.538. The lowest BCUT2D eigenvalue weighted by molar-refractivity contribution is 0.0808. The normalized spacial score (nSPS) is 22.2. The first-order valence-electron chi connectivity index (χ1n) is 5.83. The number of nitrogens with one attached hydrogen (secondary N) is 1. The molecule has 0 amide bonds. The van der Waals surface area contributed by atoms with E-state index in [0.29, 0.717) is 12.1 Å². The van der Waals surface area contributed by atoms with Crippen LogP contribution in [-0.4, -0.2) is 25.8 Å². The van der Waals surface area contributed by atoms with Crippen molar-refractivity contribution in [2.24, 2.45) is 0 Å². The maximum Gasteiger partial charge on any atom is 0.0732 e. The predicted molar refractivity (Wildman–Crippen MR) is 67.0 cm³/mol. The lowest BCUT2D eigenvalue weighted by Gasteiger charge is -2.22. The molecule has 88 valence electrons. The van der Waals surface area contributed by atoms with Gasteiger partial charge in [-0.1, -0.05) is 23.7 Å². The van der Waals surface area contributed by atoms with Gasteiger partial charge < -0.3 is 10.1 Å². The average molecular weight is 240 g/mol. The second-order valence-electron chi connectivity index (χ2n) is 4.28. The Hall–Kier alpha value is -0.570. The van der Waals surface area contributed by atoms with Crippen LogP contribution in [0.4, 0.5) is 0 Å². The largest absolute Gasteiger partial charge is 0.377 e. The molecular weight excluding hydrogens is 222 g/mol. The summed E-state index contributed by atoms with van der Waals surface area (Å²) in [6.45, 7) is 0.901. The Labute approximate surface area is 102 Å². The van der Waals surface area contributed by atoms with Gasteiger partial charge in [0.15, 0.2) is 0 Å². The van der Waals surface area contributed by atoms with Crippen LogP contribution in [0.15, 0.2) is 24.3 Å². The second-order valence-corrected chi connectivity index (χ2v) is 4.72. The highest BCUT2D eigenvalue weighted by Gasteiger charge is 2.24. The van der Waals surface area contributed by atoms with Crippen molar-refractivity contribution < 1.29 is 4.74 Å². The molecule has 1 fully saturated rings. The average Bonchev–Trinajstić information content (AvgIpc) is 2.79. The van der Waals surface area contributed by atoms with E-state index in [-0.39, 0.29) is 0 Å². The van der Waals surface area contributed by atoms with E-state index in [1.807, 2.05) is 25.2 Å². The van der Waals surface area contributed by atoms with Gasteiger partial charge in [-0.05, 0) is 44.0 Å². The Morgan fingerprint density at radius 1 is 1.56 bits per heavy atom. The van der Waals surface area contributed by atoms with Gasteiger partial charge in [-0.3, -0.25) is 0 Å². The lowest BCUT2D eigenvalue weighted by atomic mass is 10.00. The maximum absolute atomic E-state index is 5.98. The summed E-state index contributed by atoms with van der Waals surface area (Å²) in [5.41, 5.74) is 1.27. The summed E-state index contributed by atoms with van der Waals surface area (Å²) in [5.74, 6) is 0. The van der Waals surface area contributed by atoms with Crippen molar-refractivity contribution in [2.45, 2.75) is 31.4 Å². The molecule has 2 unspecified atom stereocenters. The molecule has 0 spiro atoms. The van der Waals surface area contributed by atoms with E-state index in [0.717, 1.165) is 24.5 Å². The molecule has 3 heteroatoms. The minimum absolute atomic E-state index is 0.351. The van der Waals surface area contributed by atoms with E-state index < -0.39 is 0 Å². The van der Waals surface area contributed by atoms with Crippen LogP contribution in [-0.2, 0) is 11.2 Å². The molecule has 0 saturated carbocycles. The third-order valence-electron chi connectivity index (χ3n) is 3.13. The molecule has 16 heavy (non-hydrogen) atoms. The molecule has 1 heterocycles. The molecule has 1 aliphatic heterocycles. The van der Waals surface area contributed by atoms with Gasteiger partial charge in [-0.25, -0.2) is 0 Å². The van der Waals surface area contributed by atoms with Crippen molar-refractivity contribution in [3.05, 3.63) is 34.9 Å². The number of hydrogen-bond acceptors (Lipinski definition) is 2. The Bertz CT molecular complexity index is 336. The Balaban J connectivity index is 2.00. The third-order valence-corrected chi connectivity index (χ3v) is 3.36. The van der Waals surface area contributed by atoms with Crippen molar-refractivity contribution >= 4 is 11.6 Å². The van der Waals surface area contributed by atoms with Crippen LogP contribution in [0.3, 0.4) is 0 Å². The van der Waals surface area contributed by atoms with Crippen LogP contribution in [0, 0.1) is 0 Å². The zero-order valence-corrected chi connectivity index (χ0v) is 10.3. The van der Waals surface area contributed by atoms with Gasteiger partial charge in [-0.2, -0.15) is 0 Å². The van der Waals surface area contributed by atoms with Gasteiger partial charge in [0.2, 0.25) is 0 Å². The summed E-state index contributed by atoms with van der Waals surface area (Å²) < 4.78 is 5.71. The smallest absolute Gasteiger partial charge is 0.0732 e. The summed E-state index contributed by atoms with van der Waals surface area (Å²) in [7, 11) is 2.00. The van der Waals surface area contributed by atoms with E-state index >= 15 is 0 Å². The summed E-state index contributed by atoms with van der Waals surface area (Å²) in [6, 6.07) is 8.44. The van der Waals surface area contributed by atoms with Crippen molar-refractivity contribution in [3.63, 3.8) is 0 Å². The van der Waals surface area contributed by atoms with Crippen LogP contribution in [0.2, 0.25) is 5.02 Å². The van der Waals surface area contributed by atoms with Crippen LogP contribution in [0.5, 0.6) is 0 Å². The fourth-order valence-corrected chi connectivity index (χ4v) is 2.47. The summed E-state index contributed by atoms with van der Waals surface area (Å²) in [4.78, 5) is 0. The van der Waals surface area contributed by atoms with Crippen LogP contribution in [0.25, 0.3) is 0 Å². The maximum atomic E-state index is 5.98. The quantitative estimate of drug-likeness (QED) is 0.872. The van der Waals surface area contributed by atoms with E-state index in [9.17, 15) is 0 Å². The molecule has 1 aromatic rings. The van der Waals surface area contributed by atoms with Gasteiger partial charge >= 0.3 is 0 Å². The number of halogens is 1. The highest BCUT2D eigenvalue weighted by atomic mass is 35.5. The SMILES string of the molecule is CNC(Cc1cccc(Cl)c1)C1CCCO1. The molecule has 2 rings (SSSR count). The highest BCUT2D eigenvalue weighted by molar-refractivity contribution is 6.30.